The van der Waals surface area contributed by atoms with E-state index in [4.69, 9.17) is 4.74 Å². The number of hydrogen-bond donors (Lipinski definition) is 0. The molecule has 4 rings (SSSR count). The zero-order valence-electron chi connectivity index (χ0n) is 14.3. The number of fused-ring (bicyclic) bond motifs is 1. The molecule has 2 aromatic carbocycles. The van der Waals surface area contributed by atoms with E-state index < -0.39 is 10.0 Å². The number of ether oxygens (including phenoxy) is 1. The molecule has 1 aliphatic rings. The van der Waals surface area contributed by atoms with E-state index in [1.165, 1.54) is 0 Å². The lowest BCUT2D eigenvalue weighted by Crippen LogP contribution is -2.30. The Morgan fingerprint density at radius 1 is 1.19 bits per heavy atom. The maximum atomic E-state index is 13.3. The standard InChI is InChI=1S/C18H19N3O3S2/c1-2-24-14-10-8-13(9-11-14)16-6-4-12-21(16)26(22,23)17-7-3-5-15-18(17)20-25-19-15/h3,5,7-11,16H,2,4,6,12H2,1H3. The van der Waals surface area contributed by atoms with Crippen LogP contribution < -0.4 is 4.74 Å². The van der Waals surface area contributed by atoms with Crippen LogP contribution in [0.15, 0.2) is 47.4 Å². The molecule has 26 heavy (non-hydrogen) atoms. The number of hydrogen-bond acceptors (Lipinski definition) is 6. The molecular formula is C18H19N3O3S2. The van der Waals surface area contributed by atoms with Crippen LogP contribution in [0.2, 0.25) is 0 Å². The molecule has 0 bridgehead atoms. The zero-order chi connectivity index (χ0) is 18.1. The predicted molar refractivity (Wildman–Crippen MR) is 101 cm³/mol. The van der Waals surface area contributed by atoms with E-state index in [0.717, 1.165) is 35.9 Å². The van der Waals surface area contributed by atoms with Gasteiger partial charge in [0.15, 0.2) is 0 Å². The summed E-state index contributed by atoms with van der Waals surface area (Å²) in [4.78, 5) is 0.238. The van der Waals surface area contributed by atoms with Gasteiger partial charge in [-0.1, -0.05) is 18.2 Å². The first-order valence-electron chi connectivity index (χ1n) is 8.57. The van der Waals surface area contributed by atoms with Gasteiger partial charge in [0.05, 0.1) is 24.4 Å². The Labute approximate surface area is 156 Å². The van der Waals surface area contributed by atoms with Crippen molar-refractivity contribution in [2.75, 3.05) is 13.2 Å². The molecule has 1 aliphatic heterocycles. The second kappa shape index (κ2) is 6.94. The summed E-state index contributed by atoms with van der Waals surface area (Å²) in [6.07, 6.45) is 1.64. The summed E-state index contributed by atoms with van der Waals surface area (Å²) in [6, 6.07) is 12.7. The van der Waals surface area contributed by atoms with Gasteiger partial charge in [-0.25, -0.2) is 8.42 Å². The molecule has 1 aromatic heterocycles. The molecule has 0 aliphatic carbocycles. The molecule has 0 saturated carbocycles. The molecular weight excluding hydrogens is 370 g/mol. The van der Waals surface area contributed by atoms with Gasteiger partial charge in [-0.05, 0) is 49.6 Å². The zero-order valence-corrected chi connectivity index (χ0v) is 16.0. The average Bonchev–Trinajstić information content (AvgIpc) is 3.32. The Balaban J connectivity index is 1.70. The molecule has 6 nitrogen and oxygen atoms in total. The Kier molecular flexibility index (Phi) is 4.64. The third-order valence-corrected chi connectivity index (χ3v) is 7.10. The van der Waals surface area contributed by atoms with Crippen molar-refractivity contribution in [2.45, 2.75) is 30.7 Å². The number of sulfonamides is 1. The van der Waals surface area contributed by atoms with E-state index in [1.54, 1.807) is 22.5 Å². The Morgan fingerprint density at radius 2 is 2.00 bits per heavy atom. The predicted octanol–water partition coefficient (Wildman–Crippen LogP) is 3.62. The van der Waals surface area contributed by atoms with Gasteiger partial charge in [-0.3, -0.25) is 0 Å². The van der Waals surface area contributed by atoms with Crippen LogP contribution in [0.4, 0.5) is 0 Å². The quantitative estimate of drug-likeness (QED) is 0.666. The van der Waals surface area contributed by atoms with Gasteiger partial charge in [0.25, 0.3) is 0 Å². The Morgan fingerprint density at radius 3 is 2.77 bits per heavy atom. The summed E-state index contributed by atoms with van der Waals surface area (Å²) < 4.78 is 42.1. The monoisotopic (exact) mass is 389 g/mol. The van der Waals surface area contributed by atoms with Crippen molar-refractivity contribution in [3.8, 4) is 5.75 Å². The molecule has 1 fully saturated rings. The third kappa shape index (κ3) is 2.98. The smallest absolute Gasteiger partial charge is 0.245 e. The summed E-state index contributed by atoms with van der Waals surface area (Å²) >= 11 is 1.03. The van der Waals surface area contributed by atoms with E-state index >= 15 is 0 Å². The Hall–Kier alpha value is -2.03. The van der Waals surface area contributed by atoms with E-state index in [2.05, 4.69) is 8.75 Å². The minimum Gasteiger partial charge on any atom is -0.494 e. The molecule has 0 spiro atoms. The number of benzene rings is 2. The fourth-order valence-corrected chi connectivity index (χ4v) is 5.87. The van der Waals surface area contributed by atoms with E-state index in [1.807, 2.05) is 31.2 Å². The second-order valence-corrected chi connectivity index (χ2v) is 8.55. The molecule has 1 saturated heterocycles. The fourth-order valence-electron chi connectivity index (χ4n) is 3.43. The molecule has 0 amide bonds. The van der Waals surface area contributed by atoms with Crippen molar-refractivity contribution in [1.82, 2.24) is 13.1 Å². The highest BCUT2D eigenvalue weighted by molar-refractivity contribution is 7.89. The van der Waals surface area contributed by atoms with Crippen LogP contribution in [0.1, 0.15) is 31.4 Å². The summed E-state index contributed by atoms with van der Waals surface area (Å²) in [5.74, 6) is 0.793. The van der Waals surface area contributed by atoms with Crippen LogP contribution in [0.5, 0.6) is 5.75 Å². The molecule has 2 heterocycles. The minimum absolute atomic E-state index is 0.169. The maximum Gasteiger partial charge on any atom is 0.245 e. The lowest BCUT2D eigenvalue weighted by Gasteiger charge is -2.24. The van der Waals surface area contributed by atoms with Crippen LogP contribution in [-0.2, 0) is 10.0 Å². The normalized spacial score (nSPS) is 18.4. The first kappa shape index (κ1) is 17.4. The lowest BCUT2D eigenvalue weighted by molar-refractivity contribution is 0.339. The van der Waals surface area contributed by atoms with Crippen LogP contribution in [0, 0.1) is 0 Å². The molecule has 0 N–H and O–H groups in total. The van der Waals surface area contributed by atoms with Crippen LogP contribution in [-0.4, -0.2) is 34.6 Å². The van der Waals surface area contributed by atoms with Crippen molar-refractivity contribution in [3.63, 3.8) is 0 Å². The van der Waals surface area contributed by atoms with Gasteiger partial charge in [0.1, 0.15) is 21.7 Å². The van der Waals surface area contributed by atoms with Crippen molar-refractivity contribution < 1.29 is 13.2 Å². The molecule has 8 heteroatoms. The highest BCUT2D eigenvalue weighted by Gasteiger charge is 2.37. The second-order valence-electron chi connectivity index (χ2n) is 6.16. The van der Waals surface area contributed by atoms with Crippen molar-refractivity contribution in [1.29, 1.82) is 0 Å². The van der Waals surface area contributed by atoms with Gasteiger partial charge in [-0.2, -0.15) is 13.1 Å². The summed E-state index contributed by atoms with van der Waals surface area (Å²) in [5.41, 5.74) is 2.06. The number of nitrogens with zero attached hydrogens (tertiary/aromatic N) is 3. The van der Waals surface area contributed by atoms with Crippen molar-refractivity contribution >= 4 is 32.8 Å². The number of rotatable bonds is 5. The topological polar surface area (TPSA) is 72.4 Å². The highest BCUT2D eigenvalue weighted by atomic mass is 32.2. The number of aromatic nitrogens is 2. The Bertz CT molecular complexity index is 1020. The van der Waals surface area contributed by atoms with Gasteiger partial charge in [0, 0.05) is 6.54 Å². The molecule has 136 valence electrons. The van der Waals surface area contributed by atoms with Crippen molar-refractivity contribution in [3.05, 3.63) is 48.0 Å². The minimum atomic E-state index is -3.65. The first-order chi connectivity index (χ1) is 12.6. The van der Waals surface area contributed by atoms with Crippen LogP contribution >= 0.6 is 11.7 Å². The van der Waals surface area contributed by atoms with E-state index in [0.29, 0.717) is 24.2 Å². The molecule has 1 atom stereocenters. The largest absolute Gasteiger partial charge is 0.494 e. The van der Waals surface area contributed by atoms with Gasteiger partial charge < -0.3 is 4.74 Å². The molecule has 3 aromatic rings. The van der Waals surface area contributed by atoms with Crippen LogP contribution in [0.25, 0.3) is 11.0 Å². The van der Waals surface area contributed by atoms with Gasteiger partial charge in [-0.15, -0.1) is 0 Å². The summed E-state index contributed by atoms with van der Waals surface area (Å²) in [6.45, 7) is 3.05. The van der Waals surface area contributed by atoms with Gasteiger partial charge >= 0.3 is 0 Å². The highest BCUT2D eigenvalue weighted by Crippen LogP contribution is 2.38. The molecule has 0 radical (unpaired) electrons. The first-order valence-corrected chi connectivity index (χ1v) is 10.7. The van der Waals surface area contributed by atoms with Crippen LogP contribution in [0.3, 0.4) is 0 Å². The maximum absolute atomic E-state index is 13.3. The third-order valence-electron chi connectivity index (χ3n) is 4.62. The van der Waals surface area contributed by atoms with Gasteiger partial charge in [0.2, 0.25) is 10.0 Å². The van der Waals surface area contributed by atoms with Crippen molar-refractivity contribution in [2.24, 2.45) is 0 Å². The average molecular weight is 390 g/mol. The SMILES string of the molecule is CCOc1ccc(C2CCCN2S(=O)(=O)c2cccc3nsnc23)cc1. The summed E-state index contributed by atoms with van der Waals surface area (Å²) in [7, 11) is -3.65. The summed E-state index contributed by atoms with van der Waals surface area (Å²) in [5, 5.41) is 0. The van der Waals surface area contributed by atoms with E-state index in [9.17, 15) is 8.42 Å². The van der Waals surface area contributed by atoms with E-state index in [-0.39, 0.29) is 10.9 Å². The molecule has 1 unspecified atom stereocenters. The lowest BCUT2D eigenvalue weighted by atomic mass is 10.1. The fraction of sp³-hybridized carbons (Fsp3) is 0.333.